The van der Waals surface area contributed by atoms with Crippen molar-refractivity contribution in [1.82, 2.24) is 9.61 Å². The summed E-state index contributed by atoms with van der Waals surface area (Å²) in [4.78, 5) is 0. The van der Waals surface area contributed by atoms with Crippen LogP contribution < -0.4 is 0 Å². The van der Waals surface area contributed by atoms with E-state index in [9.17, 15) is 0 Å². The van der Waals surface area contributed by atoms with Crippen molar-refractivity contribution in [1.29, 1.82) is 0 Å². The largest absolute Gasteiger partial charge is 0.392 e. The fourth-order valence-corrected chi connectivity index (χ4v) is 2.63. The molecule has 0 aromatic carbocycles. The number of halogens is 2. The van der Waals surface area contributed by atoms with Crippen LogP contribution in [0.15, 0.2) is 27.4 Å². The van der Waals surface area contributed by atoms with Crippen LogP contribution in [-0.4, -0.2) is 14.7 Å². The molecule has 0 aliphatic rings. The first-order valence-electron chi connectivity index (χ1n) is 3.64. The summed E-state index contributed by atoms with van der Waals surface area (Å²) in [7, 11) is 0. The Morgan fingerprint density at radius 2 is 2.23 bits per heavy atom. The highest BCUT2D eigenvalue weighted by atomic mass is 79.9. The standard InChI is InChI=1S/C8H6Br2N2O/c9-6-1-7(10)8-5(4-13)2-11-12(8)3-6/h1-3,13H,4H2. The van der Waals surface area contributed by atoms with E-state index in [0.29, 0.717) is 0 Å². The predicted molar refractivity (Wildman–Crippen MR) is 56.5 cm³/mol. The van der Waals surface area contributed by atoms with Gasteiger partial charge in [-0.25, -0.2) is 4.52 Å². The number of fused-ring (bicyclic) bond motifs is 1. The van der Waals surface area contributed by atoms with Crippen molar-refractivity contribution < 1.29 is 5.11 Å². The molecule has 13 heavy (non-hydrogen) atoms. The van der Waals surface area contributed by atoms with Crippen LogP contribution in [0, 0.1) is 0 Å². The Kier molecular flexibility index (Phi) is 2.40. The van der Waals surface area contributed by atoms with E-state index < -0.39 is 0 Å². The Morgan fingerprint density at radius 1 is 1.46 bits per heavy atom. The van der Waals surface area contributed by atoms with Gasteiger partial charge < -0.3 is 5.11 Å². The molecule has 0 bridgehead atoms. The molecule has 0 fully saturated rings. The molecule has 0 aliphatic heterocycles. The van der Waals surface area contributed by atoms with Crippen molar-refractivity contribution >= 4 is 37.4 Å². The van der Waals surface area contributed by atoms with Gasteiger partial charge in [0, 0.05) is 20.7 Å². The molecule has 0 aliphatic carbocycles. The van der Waals surface area contributed by atoms with Crippen LogP contribution in [-0.2, 0) is 6.61 Å². The number of aliphatic hydroxyl groups excluding tert-OH is 1. The zero-order valence-corrected chi connectivity index (χ0v) is 9.71. The van der Waals surface area contributed by atoms with Crippen molar-refractivity contribution in [3.05, 3.63) is 33.0 Å². The van der Waals surface area contributed by atoms with Gasteiger partial charge in [0.25, 0.3) is 0 Å². The Labute approximate surface area is 91.6 Å². The molecule has 0 atom stereocenters. The first-order valence-corrected chi connectivity index (χ1v) is 5.23. The lowest BCUT2D eigenvalue weighted by Gasteiger charge is -1.99. The Balaban J connectivity index is 2.82. The number of hydrogen-bond donors (Lipinski definition) is 1. The third kappa shape index (κ3) is 1.51. The van der Waals surface area contributed by atoms with Crippen LogP contribution in [0.4, 0.5) is 0 Å². The summed E-state index contributed by atoms with van der Waals surface area (Å²) in [5, 5.41) is 13.1. The summed E-state index contributed by atoms with van der Waals surface area (Å²) in [6.45, 7) is 0.00370. The molecule has 0 amide bonds. The van der Waals surface area contributed by atoms with Crippen LogP contribution in [0.2, 0.25) is 0 Å². The number of aliphatic hydroxyl groups is 1. The van der Waals surface area contributed by atoms with Crippen LogP contribution in [0.25, 0.3) is 5.52 Å². The maximum atomic E-state index is 9.03. The maximum Gasteiger partial charge on any atom is 0.0859 e. The summed E-state index contributed by atoms with van der Waals surface area (Å²) >= 11 is 6.78. The second kappa shape index (κ2) is 3.40. The third-order valence-electron chi connectivity index (χ3n) is 1.78. The van der Waals surface area contributed by atoms with Gasteiger partial charge in [0.15, 0.2) is 0 Å². The lowest BCUT2D eigenvalue weighted by Crippen LogP contribution is -1.88. The molecule has 3 nitrogen and oxygen atoms in total. The fraction of sp³-hybridized carbons (Fsp3) is 0.125. The van der Waals surface area contributed by atoms with Crippen molar-refractivity contribution in [3.8, 4) is 0 Å². The van der Waals surface area contributed by atoms with E-state index in [1.807, 2.05) is 12.3 Å². The van der Waals surface area contributed by atoms with Crippen molar-refractivity contribution in [3.63, 3.8) is 0 Å². The molecule has 0 saturated carbocycles. The van der Waals surface area contributed by atoms with Crippen molar-refractivity contribution in [2.45, 2.75) is 6.61 Å². The zero-order valence-electron chi connectivity index (χ0n) is 6.54. The summed E-state index contributed by atoms with van der Waals surface area (Å²) < 4.78 is 3.59. The highest BCUT2D eigenvalue weighted by molar-refractivity contribution is 9.11. The van der Waals surface area contributed by atoms with Gasteiger partial charge in [0.05, 0.1) is 18.3 Å². The van der Waals surface area contributed by atoms with Crippen molar-refractivity contribution in [2.75, 3.05) is 0 Å². The molecule has 1 N–H and O–H groups in total. The van der Waals surface area contributed by atoms with Gasteiger partial charge in [-0.2, -0.15) is 5.10 Å². The van der Waals surface area contributed by atoms with Gasteiger partial charge in [-0.05, 0) is 37.9 Å². The van der Waals surface area contributed by atoms with Crippen LogP contribution >= 0.6 is 31.9 Å². The van der Waals surface area contributed by atoms with E-state index in [2.05, 4.69) is 37.0 Å². The second-order valence-corrected chi connectivity index (χ2v) is 4.40. The van der Waals surface area contributed by atoms with E-state index in [1.165, 1.54) is 0 Å². The maximum absolute atomic E-state index is 9.03. The molecule has 2 heterocycles. The lowest BCUT2D eigenvalue weighted by molar-refractivity contribution is 0.283. The first-order chi connectivity index (χ1) is 6.22. The molecule has 68 valence electrons. The van der Waals surface area contributed by atoms with E-state index in [-0.39, 0.29) is 6.61 Å². The van der Waals surface area contributed by atoms with Gasteiger partial charge in [0.1, 0.15) is 0 Å². The van der Waals surface area contributed by atoms with Crippen LogP contribution in [0.1, 0.15) is 5.56 Å². The predicted octanol–water partition coefficient (Wildman–Crippen LogP) is 2.35. The second-order valence-electron chi connectivity index (χ2n) is 2.63. The Hall–Kier alpha value is -0.390. The topological polar surface area (TPSA) is 37.5 Å². The van der Waals surface area contributed by atoms with Gasteiger partial charge in [-0.1, -0.05) is 0 Å². The minimum Gasteiger partial charge on any atom is -0.392 e. The summed E-state index contributed by atoms with van der Waals surface area (Å²) in [5.74, 6) is 0. The minimum absolute atomic E-state index is 0.00370. The number of hydrogen-bond acceptors (Lipinski definition) is 2. The average Bonchev–Trinajstić information content (AvgIpc) is 2.47. The summed E-state index contributed by atoms with van der Waals surface area (Å²) in [6.07, 6.45) is 3.51. The lowest BCUT2D eigenvalue weighted by atomic mass is 10.3. The summed E-state index contributed by atoms with van der Waals surface area (Å²) in [5.41, 5.74) is 1.73. The first kappa shape index (κ1) is 9.18. The SMILES string of the molecule is OCc1cnn2cc(Br)cc(Br)c12. The molecule has 5 heteroatoms. The molecule has 0 spiro atoms. The molecule has 0 unspecified atom stereocenters. The van der Waals surface area contributed by atoms with Gasteiger partial charge in [0.2, 0.25) is 0 Å². The van der Waals surface area contributed by atoms with Gasteiger partial charge in [-0.15, -0.1) is 0 Å². The van der Waals surface area contributed by atoms with E-state index >= 15 is 0 Å². The van der Waals surface area contributed by atoms with Gasteiger partial charge in [-0.3, -0.25) is 0 Å². The third-order valence-corrected chi connectivity index (χ3v) is 2.82. The molecule has 2 aromatic heterocycles. The van der Waals surface area contributed by atoms with Crippen LogP contribution in [0.3, 0.4) is 0 Å². The van der Waals surface area contributed by atoms with E-state index in [1.54, 1.807) is 10.7 Å². The van der Waals surface area contributed by atoms with Gasteiger partial charge >= 0.3 is 0 Å². The fourth-order valence-electron chi connectivity index (χ4n) is 1.22. The highest BCUT2D eigenvalue weighted by Crippen LogP contribution is 2.25. The number of pyridine rings is 1. The zero-order chi connectivity index (χ0) is 9.42. The number of nitrogens with zero attached hydrogens (tertiary/aromatic N) is 2. The molecular weight excluding hydrogens is 300 g/mol. The quantitative estimate of drug-likeness (QED) is 0.878. The Bertz CT molecular complexity index is 453. The molecule has 2 aromatic rings. The minimum atomic E-state index is 0.00370. The smallest absolute Gasteiger partial charge is 0.0859 e. The summed E-state index contributed by atoms with van der Waals surface area (Å²) in [6, 6.07) is 1.93. The molecular formula is C8H6Br2N2O. The van der Waals surface area contributed by atoms with E-state index in [4.69, 9.17) is 5.11 Å². The van der Waals surface area contributed by atoms with Crippen LogP contribution in [0.5, 0.6) is 0 Å². The monoisotopic (exact) mass is 304 g/mol. The molecule has 0 radical (unpaired) electrons. The number of rotatable bonds is 1. The number of aromatic nitrogens is 2. The average molecular weight is 306 g/mol. The van der Waals surface area contributed by atoms with E-state index in [0.717, 1.165) is 20.0 Å². The molecule has 2 rings (SSSR count). The van der Waals surface area contributed by atoms with Crippen molar-refractivity contribution in [2.24, 2.45) is 0 Å². The normalized spacial score (nSPS) is 11.0. The molecule has 0 saturated heterocycles. The highest BCUT2D eigenvalue weighted by Gasteiger charge is 2.07. The Morgan fingerprint density at radius 3 is 2.92 bits per heavy atom.